The van der Waals surface area contributed by atoms with Gasteiger partial charge in [-0.05, 0) is 95.9 Å². The van der Waals surface area contributed by atoms with Crippen molar-refractivity contribution in [1.82, 2.24) is 9.29 Å². The summed E-state index contributed by atoms with van der Waals surface area (Å²) in [5, 5.41) is 4.41. The average molecular weight is 446 g/mol. The lowest BCUT2D eigenvalue weighted by molar-refractivity contribution is -0.120. The standard InChI is InChI=1S/C24H35N3O3S/c1-4-31(29,30)26-18-11-9-17(10-12-18)24(28)25-19-13-14-23-21(15-19)20-7-5-6-8-22(20)27(23)16(2)3/h13-18,26H,4-12H2,1-3H3,(H,25,28). The molecule has 4 rings (SSSR count). The SMILES string of the molecule is CCS(=O)(=O)NC1CCC(C(=O)Nc2ccc3c(c2)c2c(n3C(C)C)CCCC2)CC1. The topological polar surface area (TPSA) is 80.2 Å². The average Bonchev–Trinajstić information content (AvgIpc) is 3.08. The van der Waals surface area contributed by atoms with Crippen LogP contribution in [-0.2, 0) is 27.7 Å². The van der Waals surface area contributed by atoms with Crippen molar-refractivity contribution >= 4 is 32.5 Å². The number of nitrogens with zero attached hydrogens (tertiary/aromatic N) is 1. The number of nitrogens with one attached hydrogen (secondary N) is 2. The first kappa shape index (κ1) is 22.3. The van der Waals surface area contributed by atoms with Crippen molar-refractivity contribution in [2.75, 3.05) is 11.1 Å². The Kier molecular flexibility index (Phi) is 6.44. The first-order valence-electron chi connectivity index (χ1n) is 11.8. The van der Waals surface area contributed by atoms with Crippen molar-refractivity contribution in [2.45, 2.75) is 84.2 Å². The van der Waals surface area contributed by atoms with Crippen LogP contribution in [0.3, 0.4) is 0 Å². The van der Waals surface area contributed by atoms with Gasteiger partial charge in [0.25, 0.3) is 0 Å². The van der Waals surface area contributed by atoms with Gasteiger partial charge in [-0.15, -0.1) is 0 Å². The number of hydrogen-bond donors (Lipinski definition) is 2. The maximum Gasteiger partial charge on any atom is 0.227 e. The van der Waals surface area contributed by atoms with Crippen LogP contribution in [0.1, 0.15) is 76.6 Å². The summed E-state index contributed by atoms with van der Waals surface area (Å²) >= 11 is 0. The van der Waals surface area contributed by atoms with Gasteiger partial charge in [-0.25, -0.2) is 13.1 Å². The van der Waals surface area contributed by atoms with E-state index in [1.54, 1.807) is 6.92 Å². The largest absolute Gasteiger partial charge is 0.342 e. The van der Waals surface area contributed by atoms with Gasteiger partial charge in [-0.3, -0.25) is 4.79 Å². The number of carbonyl (C=O) groups is 1. The second kappa shape index (κ2) is 8.94. The Morgan fingerprint density at radius 3 is 2.52 bits per heavy atom. The lowest BCUT2D eigenvalue weighted by atomic mass is 9.86. The summed E-state index contributed by atoms with van der Waals surface area (Å²) in [6, 6.07) is 6.69. The number of anilines is 1. The molecular weight excluding hydrogens is 410 g/mol. The van der Waals surface area contributed by atoms with Crippen LogP contribution in [-0.4, -0.2) is 30.7 Å². The lowest BCUT2D eigenvalue weighted by Gasteiger charge is -2.28. The summed E-state index contributed by atoms with van der Waals surface area (Å²) in [5.74, 6) is 0.0820. The van der Waals surface area contributed by atoms with Crippen LogP contribution >= 0.6 is 0 Å². The summed E-state index contributed by atoms with van der Waals surface area (Å²) in [6.45, 7) is 6.12. The molecule has 0 atom stereocenters. The van der Waals surface area contributed by atoms with Crippen molar-refractivity contribution in [2.24, 2.45) is 5.92 Å². The molecule has 0 radical (unpaired) electrons. The molecule has 1 aromatic heterocycles. The number of amides is 1. The van der Waals surface area contributed by atoms with E-state index < -0.39 is 10.0 Å². The van der Waals surface area contributed by atoms with Gasteiger partial charge < -0.3 is 9.88 Å². The molecule has 6 nitrogen and oxygen atoms in total. The van der Waals surface area contributed by atoms with E-state index in [4.69, 9.17) is 0 Å². The maximum atomic E-state index is 12.9. The van der Waals surface area contributed by atoms with Crippen LogP contribution in [0.4, 0.5) is 5.69 Å². The number of carbonyl (C=O) groups excluding carboxylic acids is 1. The molecule has 1 fully saturated rings. The Labute approximate surface area is 185 Å². The molecule has 7 heteroatoms. The van der Waals surface area contributed by atoms with Crippen LogP contribution in [0.25, 0.3) is 10.9 Å². The third kappa shape index (κ3) is 4.67. The zero-order chi connectivity index (χ0) is 22.2. The molecule has 170 valence electrons. The van der Waals surface area contributed by atoms with Crippen molar-refractivity contribution < 1.29 is 13.2 Å². The fourth-order valence-corrected chi connectivity index (χ4v) is 6.21. The summed E-state index contributed by atoms with van der Waals surface area (Å²) in [4.78, 5) is 12.9. The first-order chi connectivity index (χ1) is 14.8. The van der Waals surface area contributed by atoms with Crippen molar-refractivity contribution in [1.29, 1.82) is 0 Å². The zero-order valence-corrected chi connectivity index (χ0v) is 19.7. The number of hydrogen-bond acceptors (Lipinski definition) is 3. The maximum absolute atomic E-state index is 12.9. The van der Waals surface area contributed by atoms with E-state index in [0.29, 0.717) is 31.7 Å². The highest BCUT2D eigenvalue weighted by molar-refractivity contribution is 7.89. The minimum Gasteiger partial charge on any atom is -0.342 e. The van der Waals surface area contributed by atoms with Crippen molar-refractivity contribution in [3.63, 3.8) is 0 Å². The molecule has 0 saturated heterocycles. The number of aromatic nitrogens is 1. The van der Waals surface area contributed by atoms with Gasteiger partial charge in [-0.2, -0.15) is 0 Å². The second-order valence-corrected chi connectivity index (χ2v) is 11.4. The molecule has 1 aromatic carbocycles. The minimum absolute atomic E-state index is 0.0485. The lowest BCUT2D eigenvalue weighted by Crippen LogP contribution is -2.40. The van der Waals surface area contributed by atoms with Crippen LogP contribution in [0.2, 0.25) is 0 Å². The highest BCUT2D eigenvalue weighted by Crippen LogP contribution is 2.36. The highest BCUT2D eigenvalue weighted by Gasteiger charge is 2.28. The molecule has 2 aliphatic rings. The highest BCUT2D eigenvalue weighted by atomic mass is 32.2. The van der Waals surface area contributed by atoms with E-state index in [2.05, 4.69) is 40.6 Å². The molecule has 2 aromatic rings. The number of fused-ring (bicyclic) bond motifs is 3. The van der Waals surface area contributed by atoms with Crippen LogP contribution < -0.4 is 10.0 Å². The summed E-state index contributed by atoms with van der Waals surface area (Å²) < 4.78 is 28.8. The van der Waals surface area contributed by atoms with E-state index in [1.807, 2.05) is 6.07 Å². The molecule has 0 unspecified atom stereocenters. The van der Waals surface area contributed by atoms with Gasteiger partial charge in [0.05, 0.1) is 5.75 Å². The predicted octanol–water partition coefficient (Wildman–Crippen LogP) is 4.54. The van der Waals surface area contributed by atoms with E-state index in [-0.39, 0.29) is 23.6 Å². The van der Waals surface area contributed by atoms with Gasteiger partial charge in [0.1, 0.15) is 0 Å². The molecule has 2 N–H and O–H groups in total. The molecule has 1 amide bonds. The Balaban J connectivity index is 1.46. The predicted molar refractivity (Wildman–Crippen MR) is 126 cm³/mol. The molecule has 0 bridgehead atoms. The fourth-order valence-electron chi connectivity index (χ4n) is 5.30. The summed E-state index contributed by atoms with van der Waals surface area (Å²) in [7, 11) is -3.19. The number of sulfonamides is 1. The second-order valence-electron chi connectivity index (χ2n) is 9.39. The number of benzene rings is 1. The van der Waals surface area contributed by atoms with E-state index in [1.165, 1.54) is 35.0 Å². The fraction of sp³-hybridized carbons (Fsp3) is 0.625. The molecule has 31 heavy (non-hydrogen) atoms. The number of rotatable bonds is 6. The first-order valence-corrected chi connectivity index (χ1v) is 13.4. The third-order valence-corrected chi connectivity index (χ3v) is 8.37. The summed E-state index contributed by atoms with van der Waals surface area (Å²) in [5.41, 5.74) is 5.05. The summed E-state index contributed by atoms with van der Waals surface area (Å²) in [6.07, 6.45) is 7.56. The Morgan fingerprint density at radius 2 is 1.84 bits per heavy atom. The Morgan fingerprint density at radius 1 is 1.13 bits per heavy atom. The monoisotopic (exact) mass is 445 g/mol. The molecule has 1 heterocycles. The molecule has 0 spiro atoms. The van der Waals surface area contributed by atoms with Gasteiger partial charge in [0.15, 0.2) is 0 Å². The van der Waals surface area contributed by atoms with Crippen LogP contribution in [0.5, 0.6) is 0 Å². The smallest absolute Gasteiger partial charge is 0.227 e. The Hall–Kier alpha value is -1.86. The quantitative estimate of drug-likeness (QED) is 0.685. The number of aryl methyl sites for hydroxylation is 1. The van der Waals surface area contributed by atoms with Gasteiger partial charge in [-0.1, -0.05) is 0 Å². The molecule has 2 aliphatic carbocycles. The van der Waals surface area contributed by atoms with Crippen molar-refractivity contribution in [3.8, 4) is 0 Å². The van der Waals surface area contributed by atoms with Crippen LogP contribution in [0.15, 0.2) is 18.2 Å². The van der Waals surface area contributed by atoms with Crippen molar-refractivity contribution in [3.05, 3.63) is 29.5 Å². The minimum atomic E-state index is -3.19. The van der Waals surface area contributed by atoms with E-state index in [9.17, 15) is 13.2 Å². The third-order valence-electron chi connectivity index (χ3n) is 6.92. The van der Waals surface area contributed by atoms with Gasteiger partial charge in [0.2, 0.25) is 15.9 Å². The van der Waals surface area contributed by atoms with Gasteiger partial charge in [0, 0.05) is 40.3 Å². The van der Waals surface area contributed by atoms with E-state index in [0.717, 1.165) is 18.5 Å². The molecule has 1 saturated carbocycles. The Bertz CT molecular complexity index is 1060. The van der Waals surface area contributed by atoms with E-state index >= 15 is 0 Å². The zero-order valence-electron chi connectivity index (χ0n) is 18.9. The molecular formula is C24H35N3O3S. The van der Waals surface area contributed by atoms with Gasteiger partial charge >= 0.3 is 0 Å². The van der Waals surface area contributed by atoms with Crippen LogP contribution in [0, 0.1) is 5.92 Å². The molecule has 0 aliphatic heterocycles. The normalized spacial score (nSPS) is 21.9.